The molecule has 3 aromatic rings. The van der Waals surface area contributed by atoms with Gasteiger partial charge in [-0.3, -0.25) is 14.3 Å². The molecule has 1 unspecified atom stereocenters. The summed E-state index contributed by atoms with van der Waals surface area (Å²) in [6.45, 7) is 2.14. The van der Waals surface area contributed by atoms with Crippen molar-refractivity contribution in [3.63, 3.8) is 0 Å². The molecule has 0 aliphatic carbocycles. The van der Waals surface area contributed by atoms with Gasteiger partial charge in [0.15, 0.2) is 0 Å². The van der Waals surface area contributed by atoms with Crippen molar-refractivity contribution in [1.82, 2.24) is 25.0 Å². The van der Waals surface area contributed by atoms with Gasteiger partial charge >= 0.3 is 0 Å². The number of thiophene rings is 1. The first-order valence-corrected chi connectivity index (χ1v) is 10.3. The van der Waals surface area contributed by atoms with Gasteiger partial charge in [-0.05, 0) is 18.1 Å². The molecular weight excluding hydrogens is 390 g/mol. The van der Waals surface area contributed by atoms with Crippen molar-refractivity contribution in [2.75, 3.05) is 33.4 Å². The van der Waals surface area contributed by atoms with Crippen LogP contribution in [0, 0.1) is 0 Å². The van der Waals surface area contributed by atoms with Gasteiger partial charge in [0, 0.05) is 57.5 Å². The third-order valence-corrected chi connectivity index (χ3v) is 6.27. The second kappa shape index (κ2) is 8.30. The van der Waals surface area contributed by atoms with Crippen LogP contribution in [0.3, 0.4) is 0 Å². The minimum Gasteiger partial charge on any atom is -0.383 e. The van der Waals surface area contributed by atoms with Crippen molar-refractivity contribution in [3.05, 3.63) is 46.7 Å². The first-order valence-electron chi connectivity index (χ1n) is 9.51. The molecule has 8 nitrogen and oxygen atoms in total. The second-order valence-corrected chi connectivity index (χ2v) is 8.09. The van der Waals surface area contributed by atoms with E-state index in [4.69, 9.17) is 4.74 Å². The number of amides is 2. The van der Waals surface area contributed by atoms with Crippen LogP contribution in [0.15, 0.2) is 30.7 Å². The summed E-state index contributed by atoms with van der Waals surface area (Å²) < 4.78 is 6.65. The molecule has 1 fully saturated rings. The lowest BCUT2D eigenvalue weighted by molar-refractivity contribution is 0.0790. The fraction of sp³-hybridized carbons (Fsp3) is 0.400. The lowest BCUT2D eigenvalue weighted by atomic mass is 9.95. The lowest BCUT2D eigenvalue weighted by Crippen LogP contribution is -2.29. The zero-order valence-electron chi connectivity index (χ0n) is 16.4. The number of carbonyl (C=O) groups is 2. The van der Waals surface area contributed by atoms with Crippen LogP contribution in [-0.2, 0) is 11.8 Å². The molecule has 3 aromatic heterocycles. The number of rotatable bonds is 6. The van der Waals surface area contributed by atoms with Gasteiger partial charge in [-0.15, -0.1) is 11.3 Å². The monoisotopic (exact) mass is 413 g/mol. The van der Waals surface area contributed by atoms with E-state index in [9.17, 15) is 9.59 Å². The molecule has 29 heavy (non-hydrogen) atoms. The molecule has 0 aromatic carbocycles. The normalized spacial score (nSPS) is 16.5. The predicted octanol–water partition coefficient (Wildman–Crippen LogP) is 2.04. The largest absolute Gasteiger partial charge is 0.383 e. The highest BCUT2D eigenvalue weighted by Crippen LogP contribution is 2.39. The van der Waals surface area contributed by atoms with Gasteiger partial charge in [0.1, 0.15) is 4.83 Å². The van der Waals surface area contributed by atoms with E-state index >= 15 is 0 Å². The molecule has 1 aliphatic heterocycles. The Morgan fingerprint density at radius 2 is 2.28 bits per heavy atom. The maximum Gasteiger partial charge on any atom is 0.261 e. The third kappa shape index (κ3) is 3.88. The number of likely N-dealkylation sites (tertiary alicyclic amines) is 1. The number of nitrogens with zero attached hydrogens (tertiary/aromatic N) is 4. The Hall–Kier alpha value is -2.78. The fourth-order valence-corrected chi connectivity index (χ4v) is 4.91. The molecule has 0 radical (unpaired) electrons. The molecule has 1 aliphatic rings. The number of aryl methyl sites for hydroxylation is 1. The Morgan fingerprint density at radius 3 is 3.03 bits per heavy atom. The number of ether oxygens (including phenoxy) is 1. The van der Waals surface area contributed by atoms with Gasteiger partial charge in [-0.1, -0.05) is 6.07 Å². The van der Waals surface area contributed by atoms with E-state index in [1.165, 1.54) is 11.3 Å². The first kappa shape index (κ1) is 19.5. The molecular formula is C20H23N5O3S. The second-order valence-electron chi connectivity index (χ2n) is 7.09. The van der Waals surface area contributed by atoms with Crippen LogP contribution in [0.25, 0.3) is 10.2 Å². The minimum atomic E-state index is -0.114. The van der Waals surface area contributed by atoms with E-state index in [1.54, 1.807) is 37.4 Å². The number of pyridine rings is 1. The number of carbonyl (C=O) groups excluding carboxylic acids is 2. The van der Waals surface area contributed by atoms with Crippen molar-refractivity contribution in [2.45, 2.75) is 12.3 Å². The van der Waals surface area contributed by atoms with Crippen molar-refractivity contribution in [2.24, 2.45) is 7.05 Å². The standard InChI is InChI=1S/C20H23N5O3S/c1-24-11-14(10-23-24)20(27)25-8-5-13(12-25)16-15-4-3-6-22-19(15)29-17(16)18(26)21-7-9-28-2/h3-4,6,10-11,13H,5,7-9,12H2,1-2H3,(H,21,26). The van der Waals surface area contributed by atoms with Crippen molar-refractivity contribution < 1.29 is 14.3 Å². The van der Waals surface area contributed by atoms with E-state index < -0.39 is 0 Å². The average Bonchev–Trinajstić information content (AvgIpc) is 3.45. The van der Waals surface area contributed by atoms with Crippen molar-refractivity contribution in [3.8, 4) is 0 Å². The molecule has 1 atom stereocenters. The summed E-state index contributed by atoms with van der Waals surface area (Å²) in [7, 11) is 3.40. The van der Waals surface area contributed by atoms with Crippen LogP contribution in [-0.4, -0.2) is 64.8 Å². The number of hydrogen-bond acceptors (Lipinski definition) is 6. The van der Waals surface area contributed by atoms with Gasteiger partial charge in [-0.25, -0.2) is 4.98 Å². The van der Waals surface area contributed by atoms with Crippen molar-refractivity contribution >= 4 is 33.4 Å². The SMILES string of the molecule is COCCNC(=O)c1sc2ncccc2c1C1CCN(C(=O)c2cnn(C)c2)C1. The Labute approximate surface area is 172 Å². The lowest BCUT2D eigenvalue weighted by Gasteiger charge is -2.16. The third-order valence-electron chi connectivity index (χ3n) is 5.14. The van der Waals surface area contributed by atoms with Crippen LogP contribution in [0.1, 0.15) is 37.9 Å². The molecule has 9 heteroatoms. The van der Waals surface area contributed by atoms with Crippen LogP contribution in [0.4, 0.5) is 0 Å². The molecule has 1 saturated heterocycles. The average molecular weight is 414 g/mol. The number of fused-ring (bicyclic) bond motifs is 1. The maximum absolute atomic E-state index is 12.8. The molecule has 4 heterocycles. The Morgan fingerprint density at radius 1 is 1.41 bits per heavy atom. The summed E-state index contributed by atoms with van der Waals surface area (Å²) in [5, 5.41) is 8.00. The van der Waals surface area contributed by atoms with Crippen LogP contribution < -0.4 is 5.32 Å². The summed E-state index contributed by atoms with van der Waals surface area (Å²) in [6.07, 6.45) is 5.87. The number of nitrogens with one attached hydrogen (secondary N) is 1. The number of aromatic nitrogens is 3. The zero-order valence-corrected chi connectivity index (χ0v) is 17.2. The molecule has 1 N–H and O–H groups in total. The van der Waals surface area contributed by atoms with E-state index in [2.05, 4.69) is 15.4 Å². The summed E-state index contributed by atoms with van der Waals surface area (Å²) in [5.41, 5.74) is 1.58. The number of hydrogen-bond donors (Lipinski definition) is 1. The summed E-state index contributed by atoms with van der Waals surface area (Å²) in [6, 6.07) is 3.89. The van der Waals surface area contributed by atoms with E-state index in [-0.39, 0.29) is 17.7 Å². The van der Waals surface area contributed by atoms with Gasteiger partial charge in [0.25, 0.3) is 11.8 Å². The first-order chi connectivity index (χ1) is 14.1. The molecule has 2 amide bonds. The van der Waals surface area contributed by atoms with Gasteiger partial charge in [0.05, 0.1) is 23.2 Å². The Kier molecular flexibility index (Phi) is 5.59. The maximum atomic E-state index is 12.8. The molecule has 152 valence electrons. The van der Waals surface area contributed by atoms with Crippen LogP contribution in [0.5, 0.6) is 0 Å². The summed E-state index contributed by atoms with van der Waals surface area (Å²) in [5.74, 6) is -0.0433. The predicted molar refractivity (Wildman–Crippen MR) is 110 cm³/mol. The van der Waals surface area contributed by atoms with E-state index in [0.29, 0.717) is 36.7 Å². The minimum absolute atomic E-state index is 0.0237. The Balaban J connectivity index is 1.60. The summed E-state index contributed by atoms with van der Waals surface area (Å²) in [4.78, 5) is 33.4. The smallest absolute Gasteiger partial charge is 0.261 e. The highest BCUT2D eigenvalue weighted by molar-refractivity contribution is 7.20. The highest BCUT2D eigenvalue weighted by Gasteiger charge is 2.33. The van der Waals surface area contributed by atoms with Gasteiger partial charge < -0.3 is 15.0 Å². The quantitative estimate of drug-likeness (QED) is 0.625. The van der Waals surface area contributed by atoms with Crippen molar-refractivity contribution in [1.29, 1.82) is 0 Å². The molecule has 0 saturated carbocycles. The van der Waals surface area contributed by atoms with E-state index in [1.807, 2.05) is 17.0 Å². The van der Waals surface area contributed by atoms with E-state index in [0.717, 1.165) is 22.2 Å². The van der Waals surface area contributed by atoms with Crippen LogP contribution >= 0.6 is 11.3 Å². The fourth-order valence-electron chi connectivity index (χ4n) is 3.77. The molecule has 0 spiro atoms. The summed E-state index contributed by atoms with van der Waals surface area (Å²) >= 11 is 1.41. The topological polar surface area (TPSA) is 89.3 Å². The molecule has 4 rings (SSSR count). The Bertz CT molecular complexity index is 1040. The molecule has 0 bridgehead atoms. The van der Waals surface area contributed by atoms with Gasteiger partial charge in [0.2, 0.25) is 0 Å². The zero-order chi connectivity index (χ0) is 20.4. The van der Waals surface area contributed by atoms with Gasteiger partial charge in [-0.2, -0.15) is 5.10 Å². The highest BCUT2D eigenvalue weighted by atomic mass is 32.1. The number of methoxy groups -OCH3 is 1. The van der Waals surface area contributed by atoms with Crippen LogP contribution in [0.2, 0.25) is 0 Å².